The van der Waals surface area contributed by atoms with Crippen molar-refractivity contribution in [3.8, 4) is 5.75 Å². The molecule has 25 heavy (non-hydrogen) atoms. The van der Waals surface area contributed by atoms with Gasteiger partial charge in [0.1, 0.15) is 12.4 Å². The Hall–Kier alpha value is -1.89. The number of likely N-dealkylation sites (tertiary alicyclic amines) is 1. The highest BCUT2D eigenvalue weighted by atomic mass is 19.2. The van der Waals surface area contributed by atoms with Crippen molar-refractivity contribution in [1.29, 1.82) is 0 Å². The molecule has 2 rings (SSSR count). The molecule has 1 saturated heterocycles. The minimum Gasteiger partial charge on any atom is -0.492 e. The fraction of sp³-hybridized carbons (Fsp3) is 0.611. The van der Waals surface area contributed by atoms with Crippen LogP contribution in [0.4, 0.5) is 8.78 Å². The number of benzene rings is 1. The molecule has 1 fully saturated rings. The van der Waals surface area contributed by atoms with Crippen molar-refractivity contribution in [2.75, 3.05) is 39.8 Å². The van der Waals surface area contributed by atoms with E-state index in [-0.39, 0.29) is 0 Å². The van der Waals surface area contributed by atoms with Crippen LogP contribution >= 0.6 is 0 Å². The number of halogens is 2. The predicted molar refractivity (Wildman–Crippen MR) is 96.1 cm³/mol. The third-order valence-corrected chi connectivity index (χ3v) is 4.25. The Balaban J connectivity index is 1.66. The summed E-state index contributed by atoms with van der Waals surface area (Å²) in [6.07, 6.45) is 3.40. The molecule has 7 heteroatoms. The van der Waals surface area contributed by atoms with Crippen molar-refractivity contribution in [1.82, 2.24) is 15.5 Å². The summed E-state index contributed by atoms with van der Waals surface area (Å²) in [6, 6.07) is 3.94. The molecule has 0 bridgehead atoms. The Kier molecular flexibility index (Phi) is 7.91. The van der Waals surface area contributed by atoms with Crippen LogP contribution in [0.1, 0.15) is 26.2 Å². The average molecular weight is 354 g/mol. The Labute approximate surface area is 148 Å². The van der Waals surface area contributed by atoms with Gasteiger partial charge in [0.15, 0.2) is 17.6 Å². The van der Waals surface area contributed by atoms with Crippen molar-refractivity contribution in [3.05, 3.63) is 29.8 Å². The monoisotopic (exact) mass is 354 g/mol. The zero-order chi connectivity index (χ0) is 18.1. The molecule has 0 amide bonds. The number of guanidine groups is 1. The summed E-state index contributed by atoms with van der Waals surface area (Å²) >= 11 is 0. The standard InChI is InChI=1S/C18H28F2N4O/c1-3-9-24-10-6-14(7-11-24)23-18(21-2)22-8-12-25-15-4-5-16(19)17(20)13-15/h4-5,13-14H,3,6-12H2,1-2H3,(H2,21,22,23). The highest BCUT2D eigenvalue weighted by Crippen LogP contribution is 2.15. The van der Waals surface area contributed by atoms with Gasteiger partial charge >= 0.3 is 0 Å². The fourth-order valence-electron chi connectivity index (χ4n) is 2.91. The number of rotatable bonds is 7. The maximum atomic E-state index is 13.1. The summed E-state index contributed by atoms with van der Waals surface area (Å²) in [5, 5.41) is 6.61. The van der Waals surface area contributed by atoms with Crippen LogP contribution in [0.15, 0.2) is 23.2 Å². The van der Waals surface area contributed by atoms with E-state index in [9.17, 15) is 8.78 Å². The van der Waals surface area contributed by atoms with Crippen LogP contribution in [0.3, 0.4) is 0 Å². The zero-order valence-corrected chi connectivity index (χ0v) is 15.0. The minimum atomic E-state index is -0.905. The van der Waals surface area contributed by atoms with Crippen LogP contribution in [0.25, 0.3) is 0 Å². The SMILES string of the molecule is CCCN1CCC(NC(=NC)NCCOc2ccc(F)c(F)c2)CC1. The van der Waals surface area contributed by atoms with E-state index in [1.54, 1.807) is 7.05 Å². The van der Waals surface area contributed by atoms with Crippen molar-refractivity contribution in [3.63, 3.8) is 0 Å². The third-order valence-electron chi connectivity index (χ3n) is 4.25. The van der Waals surface area contributed by atoms with Crippen LogP contribution in [-0.4, -0.2) is 56.7 Å². The number of hydrogen-bond donors (Lipinski definition) is 2. The Morgan fingerprint density at radius 3 is 2.68 bits per heavy atom. The summed E-state index contributed by atoms with van der Waals surface area (Å²) in [7, 11) is 1.73. The Morgan fingerprint density at radius 2 is 2.04 bits per heavy atom. The summed E-state index contributed by atoms with van der Waals surface area (Å²) in [6.45, 7) is 6.46. The normalized spacial score (nSPS) is 16.7. The van der Waals surface area contributed by atoms with E-state index in [4.69, 9.17) is 4.74 Å². The van der Waals surface area contributed by atoms with Gasteiger partial charge in [-0.2, -0.15) is 0 Å². The second-order valence-corrected chi connectivity index (χ2v) is 6.18. The third kappa shape index (κ3) is 6.49. The van der Waals surface area contributed by atoms with Gasteiger partial charge in [0.2, 0.25) is 0 Å². The van der Waals surface area contributed by atoms with Gasteiger partial charge in [-0.3, -0.25) is 4.99 Å². The Bertz CT molecular complexity index is 560. The molecule has 1 aliphatic rings. The smallest absolute Gasteiger partial charge is 0.191 e. The van der Waals surface area contributed by atoms with Crippen molar-refractivity contribution >= 4 is 5.96 Å². The van der Waals surface area contributed by atoms with Gasteiger partial charge in [-0.15, -0.1) is 0 Å². The van der Waals surface area contributed by atoms with E-state index in [1.165, 1.54) is 19.0 Å². The largest absolute Gasteiger partial charge is 0.492 e. The first-order valence-electron chi connectivity index (χ1n) is 8.89. The molecule has 5 nitrogen and oxygen atoms in total. The van der Waals surface area contributed by atoms with E-state index in [1.807, 2.05) is 0 Å². The molecule has 0 aliphatic carbocycles. The number of ether oxygens (including phenoxy) is 1. The summed E-state index contributed by atoms with van der Waals surface area (Å²) < 4.78 is 31.4. The highest BCUT2D eigenvalue weighted by molar-refractivity contribution is 5.79. The topological polar surface area (TPSA) is 48.9 Å². The summed E-state index contributed by atoms with van der Waals surface area (Å²) in [4.78, 5) is 6.71. The number of nitrogens with one attached hydrogen (secondary N) is 2. The fourth-order valence-corrected chi connectivity index (χ4v) is 2.91. The lowest BCUT2D eigenvalue weighted by Gasteiger charge is -2.32. The van der Waals surface area contributed by atoms with Crippen molar-refractivity contribution in [2.45, 2.75) is 32.2 Å². The molecule has 2 N–H and O–H groups in total. The van der Waals surface area contributed by atoms with E-state index >= 15 is 0 Å². The van der Waals surface area contributed by atoms with Gasteiger partial charge < -0.3 is 20.3 Å². The molecule has 1 aromatic carbocycles. The zero-order valence-electron chi connectivity index (χ0n) is 15.0. The average Bonchev–Trinajstić information content (AvgIpc) is 2.62. The van der Waals surface area contributed by atoms with Crippen LogP contribution in [0.2, 0.25) is 0 Å². The molecule has 0 radical (unpaired) electrons. The molecule has 1 heterocycles. The molecule has 1 aromatic rings. The molecule has 0 saturated carbocycles. The van der Waals surface area contributed by atoms with E-state index in [2.05, 4.69) is 27.4 Å². The lowest BCUT2D eigenvalue weighted by atomic mass is 10.1. The number of piperidine rings is 1. The number of hydrogen-bond acceptors (Lipinski definition) is 3. The van der Waals surface area contributed by atoms with Crippen LogP contribution in [0.5, 0.6) is 5.75 Å². The van der Waals surface area contributed by atoms with Gasteiger partial charge in [-0.25, -0.2) is 8.78 Å². The lowest BCUT2D eigenvalue weighted by molar-refractivity contribution is 0.206. The quantitative estimate of drug-likeness (QED) is 0.448. The maximum absolute atomic E-state index is 13.1. The number of aliphatic imine (C=N–C) groups is 1. The van der Waals surface area contributed by atoms with E-state index in [0.717, 1.165) is 44.0 Å². The molecular formula is C18H28F2N4O. The van der Waals surface area contributed by atoms with Crippen LogP contribution in [-0.2, 0) is 0 Å². The van der Waals surface area contributed by atoms with E-state index < -0.39 is 11.6 Å². The Morgan fingerprint density at radius 1 is 1.28 bits per heavy atom. The van der Waals surface area contributed by atoms with Crippen LogP contribution in [0, 0.1) is 11.6 Å². The molecular weight excluding hydrogens is 326 g/mol. The first-order valence-corrected chi connectivity index (χ1v) is 8.89. The van der Waals surface area contributed by atoms with Gasteiger partial charge in [-0.1, -0.05) is 6.92 Å². The first kappa shape index (κ1) is 19.4. The summed E-state index contributed by atoms with van der Waals surface area (Å²) in [5.74, 6) is -0.729. The molecule has 0 spiro atoms. The van der Waals surface area contributed by atoms with Gasteiger partial charge in [-0.05, 0) is 37.9 Å². The van der Waals surface area contributed by atoms with E-state index in [0.29, 0.717) is 24.9 Å². The molecule has 140 valence electrons. The molecule has 1 aliphatic heterocycles. The molecule has 0 aromatic heterocycles. The molecule has 0 atom stereocenters. The highest BCUT2D eigenvalue weighted by Gasteiger charge is 2.19. The number of nitrogens with zero attached hydrogens (tertiary/aromatic N) is 2. The minimum absolute atomic E-state index is 0.312. The second kappa shape index (κ2) is 10.2. The predicted octanol–water partition coefficient (Wildman–Crippen LogP) is 2.38. The van der Waals surface area contributed by atoms with Crippen LogP contribution < -0.4 is 15.4 Å². The lowest BCUT2D eigenvalue weighted by Crippen LogP contribution is -2.49. The summed E-state index contributed by atoms with van der Waals surface area (Å²) in [5.41, 5.74) is 0. The van der Waals surface area contributed by atoms with Crippen molar-refractivity contribution in [2.24, 2.45) is 4.99 Å². The van der Waals surface area contributed by atoms with Gasteiger partial charge in [0.05, 0.1) is 6.54 Å². The molecule has 0 unspecified atom stereocenters. The van der Waals surface area contributed by atoms with Crippen molar-refractivity contribution < 1.29 is 13.5 Å². The second-order valence-electron chi connectivity index (χ2n) is 6.18. The van der Waals surface area contributed by atoms with Gasteiger partial charge in [0.25, 0.3) is 0 Å². The first-order chi connectivity index (χ1) is 12.1. The van der Waals surface area contributed by atoms with Gasteiger partial charge in [0, 0.05) is 32.2 Å². The maximum Gasteiger partial charge on any atom is 0.191 e.